The Morgan fingerprint density at radius 2 is 2.10 bits per heavy atom. The minimum Gasteiger partial charge on any atom is -0.396 e. The van der Waals surface area contributed by atoms with E-state index in [4.69, 9.17) is 5.11 Å². The summed E-state index contributed by atoms with van der Waals surface area (Å²) < 4.78 is 53.9. The first kappa shape index (κ1) is 15.4. The van der Waals surface area contributed by atoms with Gasteiger partial charge in [-0.25, -0.2) is 17.2 Å². The van der Waals surface area contributed by atoms with Crippen molar-refractivity contribution < 1.29 is 22.3 Å². The molecule has 1 aromatic carbocycles. The normalized spacial score (nSPS) is 11.6. The van der Waals surface area contributed by atoms with Crippen LogP contribution < -0.4 is 4.72 Å². The van der Waals surface area contributed by atoms with E-state index >= 15 is 0 Å². The average Bonchev–Trinajstić information content (AvgIpc) is 2.91. The van der Waals surface area contributed by atoms with Gasteiger partial charge in [0.15, 0.2) is 11.6 Å². The molecule has 0 aliphatic heterocycles. The Kier molecular flexibility index (Phi) is 4.53. The monoisotopic (exact) mass is 317 g/mol. The molecule has 1 heterocycles. The van der Waals surface area contributed by atoms with Crippen LogP contribution in [0.15, 0.2) is 35.5 Å². The number of nitrogens with one attached hydrogen (secondary N) is 1. The lowest BCUT2D eigenvalue weighted by molar-refractivity contribution is 0.277. The number of hydrogen-bond acceptors (Lipinski definition) is 4. The minimum absolute atomic E-state index is 0.0469. The second-order valence-electron chi connectivity index (χ2n) is 4.22. The van der Waals surface area contributed by atoms with Gasteiger partial charge in [-0.3, -0.25) is 9.40 Å². The third kappa shape index (κ3) is 3.56. The molecule has 1 aromatic heterocycles. The van der Waals surface area contributed by atoms with Crippen LogP contribution in [0.1, 0.15) is 6.42 Å². The molecule has 0 fully saturated rings. The molecule has 0 aliphatic carbocycles. The van der Waals surface area contributed by atoms with E-state index in [0.717, 1.165) is 18.3 Å². The number of aliphatic hydroxyl groups is 1. The Hall–Kier alpha value is -2.00. The Labute approximate surface area is 120 Å². The number of hydrogen-bond donors (Lipinski definition) is 2. The van der Waals surface area contributed by atoms with Gasteiger partial charge >= 0.3 is 0 Å². The van der Waals surface area contributed by atoms with E-state index < -0.39 is 27.3 Å². The van der Waals surface area contributed by atoms with Gasteiger partial charge in [0.1, 0.15) is 4.90 Å². The highest BCUT2D eigenvalue weighted by molar-refractivity contribution is 7.92. The van der Waals surface area contributed by atoms with Crippen LogP contribution in [0, 0.1) is 11.6 Å². The van der Waals surface area contributed by atoms with Crippen LogP contribution >= 0.6 is 0 Å². The topological polar surface area (TPSA) is 84.2 Å². The summed E-state index contributed by atoms with van der Waals surface area (Å²) in [5, 5.41) is 12.5. The third-order valence-corrected chi connectivity index (χ3v) is 3.98. The summed E-state index contributed by atoms with van der Waals surface area (Å²) in [6, 6.07) is 3.20. The number of rotatable bonds is 6. The fourth-order valence-electron chi connectivity index (χ4n) is 1.62. The molecule has 0 radical (unpaired) electrons. The number of benzene rings is 1. The van der Waals surface area contributed by atoms with Gasteiger partial charge in [0.05, 0.1) is 11.9 Å². The molecule has 0 bridgehead atoms. The summed E-state index contributed by atoms with van der Waals surface area (Å²) in [5.41, 5.74) is -0.474. The molecular formula is C12H13F2N3O3S. The number of anilines is 1. The van der Waals surface area contributed by atoms with Crippen molar-refractivity contribution in [1.29, 1.82) is 0 Å². The maximum atomic E-state index is 13.5. The molecule has 21 heavy (non-hydrogen) atoms. The Bertz CT molecular complexity index is 731. The predicted molar refractivity (Wildman–Crippen MR) is 71.1 cm³/mol. The van der Waals surface area contributed by atoms with Crippen molar-refractivity contribution in [2.45, 2.75) is 17.9 Å². The maximum Gasteiger partial charge on any atom is 0.265 e. The van der Waals surface area contributed by atoms with Crippen LogP contribution in [0.3, 0.4) is 0 Å². The van der Waals surface area contributed by atoms with E-state index in [2.05, 4.69) is 5.10 Å². The van der Waals surface area contributed by atoms with E-state index in [1.54, 1.807) is 0 Å². The Morgan fingerprint density at radius 3 is 2.81 bits per heavy atom. The van der Waals surface area contributed by atoms with E-state index in [1.165, 1.54) is 16.9 Å². The van der Waals surface area contributed by atoms with Crippen molar-refractivity contribution in [1.82, 2.24) is 9.78 Å². The lowest BCUT2D eigenvalue weighted by atomic mass is 10.3. The molecule has 0 atom stereocenters. The first-order valence-electron chi connectivity index (χ1n) is 6.04. The summed E-state index contributed by atoms with van der Waals surface area (Å²) >= 11 is 0. The summed E-state index contributed by atoms with van der Waals surface area (Å²) in [7, 11) is -4.06. The SMILES string of the molecule is O=S(=O)(Nc1cccc(F)c1F)c1cnn(CCCO)c1. The second kappa shape index (κ2) is 6.19. The van der Waals surface area contributed by atoms with Crippen LogP contribution in [0.2, 0.25) is 0 Å². The fraction of sp³-hybridized carbons (Fsp3) is 0.250. The van der Waals surface area contributed by atoms with Crippen molar-refractivity contribution in [2.75, 3.05) is 11.3 Å². The van der Waals surface area contributed by atoms with E-state index in [-0.39, 0.29) is 11.5 Å². The molecule has 0 saturated heterocycles. The maximum absolute atomic E-state index is 13.5. The highest BCUT2D eigenvalue weighted by Gasteiger charge is 2.19. The molecule has 0 saturated carbocycles. The van der Waals surface area contributed by atoms with E-state index in [1.807, 2.05) is 4.72 Å². The fourth-order valence-corrected chi connectivity index (χ4v) is 2.64. The molecule has 0 aliphatic rings. The smallest absolute Gasteiger partial charge is 0.265 e. The van der Waals surface area contributed by atoms with E-state index in [0.29, 0.717) is 13.0 Å². The van der Waals surface area contributed by atoms with E-state index in [9.17, 15) is 17.2 Å². The van der Waals surface area contributed by atoms with Crippen molar-refractivity contribution in [3.8, 4) is 0 Å². The molecular weight excluding hydrogens is 304 g/mol. The summed E-state index contributed by atoms with van der Waals surface area (Å²) in [4.78, 5) is -0.177. The number of halogens is 2. The first-order valence-corrected chi connectivity index (χ1v) is 7.52. The van der Waals surface area contributed by atoms with Crippen molar-refractivity contribution in [3.05, 3.63) is 42.2 Å². The quantitative estimate of drug-likeness (QED) is 0.842. The Balaban J connectivity index is 2.22. The van der Waals surface area contributed by atoms with Crippen LogP contribution in [-0.2, 0) is 16.6 Å². The highest BCUT2D eigenvalue weighted by atomic mass is 32.2. The van der Waals surface area contributed by atoms with Crippen LogP contribution in [-0.4, -0.2) is 29.9 Å². The molecule has 0 amide bonds. The molecule has 2 N–H and O–H groups in total. The van der Waals surface area contributed by atoms with Gasteiger partial charge in [-0.05, 0) is 18.6 Å². The lowest BCUT2D eigenvalue weighted by Gasteiger charge is -2.07. The number of nitrogens with zero attached hydrogens (tertiary/aromatic N) is 2. The molecule has 9 heteroatoms. The van der Waals surface area contributed by atoms with Crippen molar-refractivity contribution >= 4 is 15.7 Å². The van der Waals surface area contributed by atoms with Crippen LogP contribution in [0.25, 0.3) is 0 Å². The zero-order valence-corrected chi connectivity index (χ0v) is 11.6. The highest BCUT2D eigenvalue weighted by Crippen LogP contribution is 2.20. The largest absolute Gasteiger partial charge is 0.396 e. The molecule has 0 spiro atoms. The zero-order chi connectivity index (χ0) is 15.5. The van der Waals surface area contributed by atoms with Gasteiger partial charge < -0.3 is 5.11 Å². The second-order valence-corrected chi connectivity index (χ2v) is 5.91. The summed E-state index contributed by atoms with van der Waals surface area (Å²) in [6.45, 7) is 0.301. The molecule has 2 aromatic rings. The van der Waals surface area contributed by atoms with Gasteiger partial charge in [-0.2, -0.15) is 5.10 Å². The predicted octanol–water partition coefficient (Wildman–Crippen LogP) is 1.34. The molecule has 2 rings (SSSR count). The van der Waals surface area contributed by atoms with Crippen molar-refractivity contribution in [3.63, 3.8) is 0 Å². The van der Waals surface area contributed by atoms with Gasteiger partial charge in [-0.1, -0.05) is 6.07 Å². The van der Waals surface area contributed by atoms with Crippen LogP contribution in [0.5, 0.6) is 0 Å². The minimum atomic E-state index is -4.06. The lowest BCUT2D eigenvalue weighted by Crippen LogP contribution is -2.14. The zero-order valence-electron chi connectivity index (χ0n) is 10.8. The summed E-state index contributed by atoms with van der Waals surface area (Å²) in [6.07, 6.45) is 2.76. The van der Waals surface area contributed by atoms with Gasteiger partial charge in [0.2, 0.25) is 0 Å². The van der Waals surface area contributed by atoms with Crippen LogP contribution in [0.4, 0.5) is 14.5 Å². The first-order chi connectivity index (χ1) is 9.94. The summed E-state index contributed by atoms with van der Waals surface area (Å²) in [5.74, 6) is -2.41. The van der Waals surface area contributed by atoms with Gasteiger partial charge in [-0.15, -0.1) is 0 Å². The number of aryl methyl sites for hydroxylation is 1. The molecule has 0 unspecified atom stereocenters. The average molecular weight is 317 g/mol. The third-order valence-electron chi connectivity index (χ3n) is 2.66. The van der Waals surface area contributed by atoms with Crippen molar-refractivity contribution in [2.24, 2.45) is 0 Å². The molecule has 6 nitrogen and oxygen atoms in total. The Morgan fingerprint density at radius 1 is 1.33 bits per heavy atom. The standard InChI is InChI=1S/C12H13F2N3O3S/c13-10-3-1-4-11(12(10)14)16-21(19,20)9-7-15-17(8-9)5-2-6-18/h1,3-4,7-8,16,18H,2,5-6H2. The number of aromatic nitrogens is 2. The molecule has 114 valence electrons. The van der Waals surface area contributed by atoms with Gasteiger partial charge in [0, 0.05) is 19.3 Å². The van der Waals surface area contributed by atoms with Gasteiger partial charge in [0.25, 0.3) is 10.0 Å². The number of sulfonamides is 1. The number of aliphatic hydroxyl groups excluding tert-OH is 1.